The molecule has 1 heterocycles. The second-order valence-electron chi connectivity index (χ2n) is 5.75. The van der Waals surface area contributed by atoms with E-state index in [-0.39, 0.29) is 5.91 Å². The van der Waals surface area contributed by atoms with Crippen LogP contribution in [-0.2, 0) is 17.8 Å². The van der Waals surface area contributed by atoms with E-state index >= 15 is 0 Å². The standard InChI is InChI=1S/C18H26N2O2/c1-3-4-9-17-15(13-20(2)18(21)11-7-12-19)14-8-5-6-10-16(14)22-17/h5-6,8,10H,3-4,7,9,11-13,19H2,1-2H3. The summed E-state index contributed by atoms with van der Waals surface area (Å²) in [7, 11) is 1.85. The molecule has 0 unspecified atom stereocenters. The van der Waals surface area contributed by atoms with Crippen LogP contribution in [0.5, 0.6) is 0 Å². The van der Waals surface area contributed by atoms with Gasteiger partial charge in [0.05, 0.1) is 0 Å². The monoisotopic (exact) mass is 302 g/mol. The van der Waals surface area contributed by atoms with E-state index in [1.165, 1.54) is 0 Å². The number of benzene rings is 1. The number of unbranched alkanes of at least 4 members (excludes halogenated alkanes) is 1. The fraction of sp³-hybridized carbons (Fsp3) is 0.500. The average molecular weight is 302 g/mol. The number of fused-ring (bicyclic) bond motifs is 1. The minimum absolute atomic E-state index is 0.136. The van der Waals surface area contributed by atoms with Crippen molar-refractivity contribution in [3.05, 3.63) is 35.6 Å². The molecule has 0 spiro atoms. The molecule has 0 fully saturated rings. The Hall–Kier alpha value is -1.81. The fourth-order valence-electron chi connectivity index (χ4n) is 2.63. The van der Waals surface area contributed by atoms with Gasteiger partial charge < -0.3 is 15.1 Å². The van der Waals surface area contributed by atoms with Gasteiger partial charge in [-0.2, -0.15) is 0 Å². The summed E-state index contributed by atoms with van der Waals surface area (Å²) in [5.74, 6) is 1.15. The predicted octanol–water partition coefficient (Wildman–Crippen LogP) is 3.47. The van der Waals surface area contributed by atoms with Crippen LogP contribution in [0.25, 0.3) is 11.0 Å². The van der Waals surface area contributed by atoms with Gasteiger partial charge in [-0.05, 0) is 25.5 Å². The lowest BCUT2D eigenvalue weighted by Gasteiger charge is -2.17. The second kappa shape index (κ2) is 7.99. The zero-order valence-corrected chi connectivity index (χ0v) is 13.6. The van der Waals surface area contributed by atoms with Crippen LogP contribution < -0.4 is 5.73 Å². The van der Waals surface area contributed by atoms with Gasteiger partial charge in [-0.1, -0.05) is 31.5 Å². The highest BCUT2D eigenvalue weighted by Gasteiger charge is 2.17. The molecule has 0 atom stereocenters. The fourth-order valence-corrected chi connectivity index (χ4v) is 2.63. The zero-order valence-electron chi connectivity index (χ0n) is 13.6. The summed E-state index contributed by atoms with van der Waals surface area (Å²) < 4.78 is 6.01. The van der Waals surface area contributed by atoms with Gasteiger partial charge in [-0.25, -0.2) is 0 Å². The molecule has 0 radical (unpaired) electrons. The lowest BCUT2D eigenvalue weighted by molar-refractivity contribution is -0.130. The Morgan fingerprint density at radius 2 is 2.05 bits per heavy atom. The van der Waals surface area contributed by atoms with E-state index in [0.29, 0.717) is 19.5 Å². The van der Waals surface area contributed by atoms with E-state index in [2.05, 4.69) is 13.0 Å². The Labute approximate surface area is 132 Å². The predicted molar refractivity (Wildman–Crippen MR) is 89.6 cm³/mol. The molecule has 2 rings (SSSR count). The van der Waals surface area contributed by atoms with Crippen LogP contribution in [0.3, 0.4) is 0 Å². The van der Waals surface area contributed by atoms with Gasteiger partial charge in [0, 0.05) is 37.4 Å². The van der Waals surface area contributed by atoms with Gasteiger partial charge in [0.2, 0.25) is 5.91 Å². The molecule has 1 amide bonds. The number of rotatable bonds is 8. The van der Waals surface area contributed by atoms with E-state index in [4.69, 9.17) is 10.2 Å². The lowest BCUT2D eigenvalue weighted by atomic mass is 10.1. The molecule has 0 bridgehead atoms. The van der Waals surface area contributed by atoms with Crippen molar-refractivity contribution in [1.82, 2.24) is 4.90 Å². The summed E-state index contributed by atoms with van der Waals surface area (Å²) in [4.78, 5) is 13.9. The molecule has 2 aromatic rings. The first kappa shape index (κ1) is 16.6. The van der Waals surface area contributed by atoms with E-state index in [1.807, 2.05) is 25.2 Å². The number of nitrogens with two attached hydrogens (primary N) is 1. The first-order valence-corrected chi connectivity index (χ1v) is 8.10. The van der Waals surface area contributed by atoms with Gasteiger partial charge in [0.25, 0.3) is 0 Å². The second-order valence-corrected chi connectivity index (χ2v) is 5.75. The topological polar surface area (TPSA) is 59.5 Å². The third-order valence-electron chi connectivity index (χ3n) is 3.96. The van der Waals surface area contributed by atoms with Gasteiger partial charge >= 0.3 is 0 Å². The maximum Gasteiger partial charge on any atom is 0.222 e. The smallest absolute Gasteiger partial charge is 0.222 e. The first-order chi connectivity index (χ1) is 10.7. The van der Waals surface area contributed by atoms with E-state index in [0.717, 1.165) is 48.0 Å². The zero-order chi connectivity index (χ0) is 15.9. The molecular weight excluding hydrogens is 276 g/mol. The van der Waals surface area contributed by atoms with Crippen LogP contribution in [-0.4, -0.2) is 24.4 Å². The molecule has 2 N–H and O–H groups in total. The molecule has 22 heavy (non-hydrogen) atoms. The van der Waals surface area contributed by atoms with Crippen LogP contribution in [0.4, 0.5) is 0 Å². The largest absolute Gasteiger partial charge is 0.461 e. The minimum atomic E-state index is 0.136. The summed E-state index contributed by atoms with van der Waals surface area (Å²) >= 11 is 0. The quantitative estimate of drug-likeness (QED) is 0.812. The van der Waals surface area contributed by atoms with Gasteiger partial charge in [-0.15, -0.1) is 0 Å². The van der Waals surface area contributed by atoms with E-state index < -0.39 is 0 Å². The van der Waals surface area contributed by atoms with Crippen molar-refractivity contribution in [2.45, 2.75) is 45.6 Å². The number of furan rings is 1. The van der Waals surface area contributed by atoms with E-state index in [9.17, 15) is 4.79 Å². The molecule has 0 saturated carbocycles. The highest BCUT2D eigenvalue weighted by atomic mass is 16.3. The number of amides is 1. The van der Waals surface area contributed by atoms with Crippen molar-refractivity contribution in [3.63, 3.8) is 0 Å². The Kier molecular flexibility index (Phi) is 6.01. The van der Waals surface area contributed by atoms with Gasteiger partial charge in [0.1, 0.15) is 11.3 Å². The third-order valence-corrected chi connectivity index (χ3v) is 3.96. The summed E-state index contributed by atoms with van der Waals surface area (Å²) in [6, 6.07) is 8.06. The van der Waals surface area contributed by atoms with Crippen LogP contribution in [0.15, 0.2) is 28.7 Å². The summed E-state index contributed by atoms with van der Waals surface area (Å²) in [6.07, 6.45) is 4.38. The van der Waals surface area contributed by atoms with E-state index in [1.54, 1.807) is 4.90 Å². The van der Waals surface area contributed by atoms with Crippen molar-refractivity contribution in [3.8, 4) is 0 Å². The number of aryl methyl sites for hydroxylation is 1. The molecule has 4 nitrogen and oxygen atoms in total. The van der Waals surface area contributed by atoms with Gasteiger partial charge in [0.15, 0.2) is 0 Å². The van der Waals surface area contributed by atoms with Crippen molar-refractivity contribution in [1.29, 1.82) is 0 Å². The molecule has 1 aromatic carbocycles. The number of hydrogen-bond acceptors (Lipinski definition) is 3. The summed E-state index contributed by atoms with van der Waals surface area (Å²) in [6.45, 7) is 3.32. The Bertz CT molecular complexity index is 619. The van der Waals surface area contributed by atoms with Crippen LogP contribution in [0.2, 0.25) is 0 Å². The number of para-hydroxylation sites is 1. The average Bonchev–Trinajstić information content (AvgIpc) is 2.88. The molecule has 0 aliphatic carbocycles. The van der Waals surface area contributed by atoms with Gasteiger partial charge in [-0.3, -0.25) is 4.79 Å². The van der Waals surface area contributed by atoms with Crippen molar-refractivity contribution >= 4 is 16.9 Å². The molecule has 0 aliphatic rings. The van der Waals surface area contributed by atoms with Crippen LogP contribution >= 0.6 is 0 Å². The Balaban J connectivity index is 2.22. The maximum atomic E-state index is 12.1. The van der Waals surface area contributed by atoms with Crippen LogP contribution in [0, 0.1) is 0 Å². The molecular formula is C18H26N2O2. The number of carbonyl (C=O) groups is 1. The third kappa shape index (κ3) is 3.89. The SMILES string of the molecule is CCCCc1oc2ccccc2c1CN(C)C(=O)CCCN. The highest BCUT2D eigenvalue weighted by molar-refractivity contribution is 5.83. The lowest BCUT2D eigenvalue weighted by Crippen LogP contribution is -2.26. The molecule has 0 aliphatic heterocycles. The molecule has 4 heteroatoms. The highest BCUT2D eigenvalue weighted by Crippen LogP contribution is 2.28. The summed E-state index contributed by atoms with van der Waals surface area (Å²) in [5.41, 5.74) is 7.54. The number of hydrogen-bond donors (Lipinski definition) is 1. The van der Waals surface area contributed by atoms with Crippen molar-refractivity contribution in [2.24, 2.45) is 5.73 Å². The molecule has 1 aromatic heterocycles. The number of carbonyl (C=O) groups excluding carboxylic acids is 1. The first-order valence-electron chi connectivity index (χ1n) is 8.10. The summed E-state index contributed by atoms with van der Waals surface area (Å²) in [5, 5.41) is 1.12. The van der Waals surface area contributed by atoms with Crippen LogP contribution in [0.1, 0.15) is 43.9 Å². The molecule has 120 valence electrons. The molecule has 0 saturated heterocycles. The number of nitrogens with zero attached hydrogens (tertiary/aromatic N) is 1. The maximum absolute atomic E-state index is 12.1. The Morgan fingerprint density at radius 3 is 2.77 bits per heavy atom. The Morgan fingerprint density at radius 1 is 1.27 bits per heavy atom. The minimum Gasteiger partial charge on any atom is -0.461 e. The van der Waals surface area contributed by atoms with Crippen molar-refractivity contribution in [2.75, 3.05) is 13.6 Å². The normalized spacial score (nSPS) is 11.0. The van der Waals surface area contributed by atoms with Crippen molar-refractivity contribution < 1.29 is 9.21 Å².